The molecule has 24 heavy (non-hydrogen) atoms. The van der Waals surface area contributed by atoms with Crippen LogP contribution in [0.3, 0.4) is 0 Å². The van der Waals surface area contributed by atoms with E-state index in [4.69, 9.17) is 9.47 Å². The normalized spacial score (nSPS) is 24.2. The van der Waals surface area contributed by atoms with Gasteiger partial charge in [0.1, 0.15) is 5.01 Å². The number of carbonyl (C=O) groups is 1. The third-order valence-electron chi connectivity index (χ3n) is 5.45. The van der Waals surface area contributed by atoms with Crippen molar-refractivity contribution in [3.63, 3.8) is 0 Å². The number of likely N-dealkylation sites (tertiary alicyclic amines) is 2. The van der Waals surface area contributed by atoms with Crippen LogP contribution in [0.15, 0.2) is 11.6 Å². The Labute approximate surface area is 147 Å². The molecule has 7 heteroatoms. The number of methoxy groups -OCH3 is 2. The SMILES string of the molecule is COCCN1CC2(CCN(Cc3nccs3)CC2)C(COC)C1=O. The van der Waals surface area contributed by atoms with E-state index in [1.54, 1.807) is 25.6 Å². The number of thiazole rings is 1. The van der Waals surface area contributed by atoms with Gasteiger partial charge in [0.2, 0.25) is 5.91 Å². The van der Waals surface area contributed by atoms with Crippen LogP contribution in [-0.4, -0.2) is 74.3 Å². The minimum Gasteiger partial charge on any atom is -0.384 e. The van der Waals surface area contributed by atoms with Crippen LogP contribution in [0.25, 0.3) is 0 Å². The van der Waals surface area contributed by atoms with Gasteiger partial charge < -0.3 is 14.4 Å². The lowest BCUT2D eigenvalue weighted by molar-refractivity contribution is -0.134. The summed E-state index contributed by atoms with van der Waals surface area (Å²) in [6, 6.07) is 0. The average Bonchev–Trinajstić information content (AvgIpc) is 3.18. The third-order valence-corrected chi connectivity index (χ3v) is 6.21. The highest BCUT2D eigenvalue weighted by Crippen LogP contribution is 2.45. The highest BCUT2D eigenvalue weighted by molar-refractivity contribution is 7.09. The van der Waals surface area contributed by atoms with Gasteiger partial charge in [-0.2, -0.15) is 0 Å². The fourth-order valence-corrected chi connectivity index (χ4v) is 4.70. The summed E-state index contributed by atoms with van der Waals surface area (Å²) in [4.78, 5) is 21.6. The van der Waals surface area contributed by atoms with Crippen LogP contribution in [0, 0.1) is 11.3 Å². The molecule has 1 spiro atoms. The summed E-state index contributed by atoms with van der Waals surface area (Å²) in [5.74, 6) is 0.226. The molecule has 3 rings (SSSR count). The number of hydrogen-bond donors (Lipinski definition) is 0. The molecule has 2 fully saturated rings. The molecule has 134 valence electrons. The molecule has 2 saturated heterocycles. The van der Waals surface area contributed by atoms with Crippen molar-refractivity contribution < 1.29 is 14.3 Å². The van der Waals surface area contributed by atoms with Crippen molar-refractivity contribution in [1.82, 2.24) is 14.8 Å². The monoisotopic (exact) mass is 353 g/mol. The summed E-state index contributed by atoms with van der Waals surface area (Å²) in [5.41, 5.74) is 0.0558. The zero-order valence-corrected chi connectivity index (χ0v) is 15.4. The molecule has 0 aromatic carbocycles. The lowest BCUT2D eigenvalue weighted by Gasteiger charge is -2.41. The van der Waals surface area contributed by atoms with Crippen LogP contribution in [0.1, 0.15) is 17.8 Å². The van der Waals surface area contributed by atoms with Crippen molar-refractivity contribution in [3.05, 3.63) is 16.6 Å². The number of rotatable bonds is 7. The van der Waals surface area contributed by atoms with Crippen molar-refractivity contribution in [3.8, 4) is 0 Å². The first-order valence-electron chi connectivity index (χ1n) is 8.56. The fraction of sp³-hybridized carbons (Fsp3) is 0.765. The minimum absolute atomic E-state index is 0.0126. The highest BCUT2D eigenvalue weighted by atomic mass is 32.1. The summed E-state index contributed by atoms with van der Waals surface area (Å²) in [6.07, 6.45) is 3.95. The summed E-state index contributed by atoms with van der Waals surface area (Å²) < 4.78 is 10.5. The summed E-state index contributed by atoms with van der Waals surface area (Å²) in [7, 11) is 3.37. The fourth-order valence-electron chi connectivity index (χ4n) is 4.04. The van der Waals surface area contributed by atoms with Gasteiger partial charge in [0.15, 0.2) is 0 Å². The van der Waals surface area contributed by atoms with Gasteiger partial charge in [0.05, 0.1) is 25.7 Å². The van der Waals surface area contributed by atoms with E-state index < -0.39 is 0 Å². The van der Waals surface area contributed by atoms with E-state index in [1.165, 1.54) is 5.01 Å². The standard InChI is InChI=1S/C17H27N3O3S/c1-22-9-8-20-13-17(14(12-23-2)16(20)21)3-6-19(7-4-17)11-15-18-5-10-24-15/h5,10,14H,3-4,6-9,11-13H2,1-2H3. The van der Waals surface area contributed by atoms with Crippen molar-refractivity contribution in [2.45, 2.75) is 19.4 Å². The molecule has 1 unspecified atom stereocenters. The summed E-state index contributed by atoms with van der Waals surface area (Å²) in [6.45, 7) is 5.60. The smallest absolute Gasteiger partial charge is 0.228 e. The Balaban J connectivity index is 1.64. The van der Waals surface area contributed by atoms with Crippen LogP contribution < -0.4 is 0 Å². The average molecular weight is 353 g/mol. The van der Waals surface area contributed by atoms with E-state index in [-0.39, 0.29) is 17.2 Å². The molecule has 6 nitrogen and oxygen atoms in total. The van der Waals surface area contributed by atoms with Crippen molar-refractivity contribution >= 4 is 17.2 Å². The topological polar surface area (TPSA) is 54.9 Å². The van der Waals surface area contributed by atoms with Gasteiger partial charge in [-0.05, 0) is 25.9 Å². The van der Waals surface area contributed by atoms with Crippen LogP contribution >= 0.6 is 11.3 Å². The Kier molecular flexibility index (Phi) is 5.86. The van der Waals surface area contributed by atoms with Crippen LogP contribution in [0.2, 0.25) is 0 Å². The Morgan fingerprint density at radius 1 is 1.33 bits per heavy atom. The molecular formula is C17H27N3O3S. The van der Waals surface area contributed by atoms with Gasteiger partial charge in [0, 0.05) is 44.3 Å². The van der Waals surface area contributed by atoms with Crippen molar-refractivity contribution in [1.29, 1.82) is 0 Å². The second-order valence-electron chi connectivity index (χ2n) is 6.82. The largest absolute Gasteiger partial charge is 0.384 e. The van der Waals surface area contributed by atoms with E-state index in [0.29, 0.717) is 19.8 Å². The van der Waals surface area contributed by atoms with Gasteiger partial charge in [-0.1, -0.05) is 0 Å². The minimum atomic E-state index is -0.0126. The number of ether oxygens (including phenoxy) is 2. The first-order valence-corrected chi connectivity index (χ1v) is 9.44. The molecule has 2 aliphatic heterocycles. The van der Waals surface area contributed by atoms with E-state index in [9.17, 15) is 4.79 Å². The second kappa shape index (κ2) is 7.91. The Hall–Kier alpha value is -1.02. The third kappa shape index (κ3) is 3.64. The predicted molar refractivity (Wildman–Crippen MR) is 92.9 cm³/mol. The number of aromatic nitrogens is 1. The molecule has 1 aromatic heterocycles. The maximum atomic E-state index is 12.8. The predicted octanol–water partition coefficient (Wildman–Crippen LogP) is 1.48. The first kappa shape index (κ1) is 17.8. The van der Waals surface area contributed by atoms with E-state index in [2.05, 4.69) is 9.88 Å². The van der Waals surface area contributed by atoms with Crippen LogP contribution in [0.4, 0.5) is 0 Å². The maximum Gasteiger partial charge on any atom is 0.228 e. The highest BCUT2D eigenvalue weighted by Gasteiger charge is 2.52. The molecule has 2 aliphatic rings. The molecule has 1 amide bonds. The van der Waals surface area contributed by atoms with E-state index >= 15 is 0 Å². The number of amides is 1. The lowest BCUT2D eigenvalue weighted by atomic mass is 9.71. The molecular weight excluding hydrogens is 326 g/mol. The van der Waals surface area contributed by atoms with Gasteiger partial charge in [0.25, 0.3) is 0 Å². The van der Waals surface area contributed by atoms with Crippen LogP contribution in [-0.2, 0) is 20.8 Å². The number of hydrogen-bond acceptors (Lipinski definition) is 6. The number of piperidine rings is 1. The lowest BCUT2D eigenvalue weighted by Crippen LogP contribution is -2.45. The van der Waals surface area contributed by atoms with Gasteiger partial charge in [-0.25, -0.2) is 4.98 Å². The Morgan fingerprint density at radius 3 is 2.75 bits per heavy atom. The Bertz CT molecular complexity index is 529. The molecule has 1 atom stereocenters. The molecule has 0 radical (unpaired) electrons. The Morgan fingerprint density at radius 2 is 2.12 bits per heavy atom. The number of nitrogens with zero attached hydrogens (tertiary/aromatic N) is 3. The van der Waals surface area contributed by atoms with Gasteiger partial charge in [-0.15, -0.1) is 11.3 Å². The van der Waals surface area contributed by atoms with Gasteiger partial charge in [-0.3, -0.25) is 9.69 Å². The maximum absolute atomic E-state index is 12.8. The number of carbonyl (C=O) groups excluding carboxylic acids is 1. The molecule has 0 aliphatic carbocycles. The molecule has 0 N–H and O–H groups in total. The zero-order valence-electron chi connectivity index (χ0n) is 14.6. The molecule has 3 heterocycles. The van der Waals surface area contributed by atoms with E-state index in [0.717, 1.165) is 39.0 Å². The molecule has 0 saturated carbocycles. The first-order chi connectivity index (χ1) is 11.7. The summed E-state index contributed by atoms with van der Waals surface area (Å²) in [5, 5.41) is 3.20. The molecule has 0 bridgehead atoms. The van der Waals surface area contributed by atoms with Crippen molar-refractivity contribution in [2.24, 2.45) is 11.3 Å². The van der Waals surface area contributed by atoms with Crippen molar-refractivity contribution in [2.75, 3.05) is 53.6 Å². The quantitative estimate of drug-likeness (QED) is 0.743. The van der Waals surface area contributed by atoms with Crippen LogP contribution in [0.5, 0.6) is 0 Å². The van der Waals surface area contributed by atoms with E-state index in [1.807, 2.05) is 16.5 Å². The molecule has 1 aromatic rings. The zero-order chi connectivity index (χ0) is 17.0. The van der Waals surface area contributed by atoms with Gasteiger partial charge >= 0.3 is 0 Å². The summed E-state index contributed by atoms with van der Waals surface area (Å²) >= 11 is 1.71. The second-order valence-corrected chi connectivity index (χ2v) is 7.80.